The van der Waals surface area contributed by atoms with E-state index in [0.717, 1.165) is 0 Å². The minimum atomic E-state index is -3.66. The Bertz CT molecular complexity index is 764. The first-order chi connectivity index (χ1) is 11.2. The number of sulfonamides is 1. The van der Waals surface area contributed by atoms with Crippen LogP contribution in [0, 0.1) is 0 Å². The molecule has 2 aromatic rings. The highest BCUT2D eigenvalue weighted by molar-refractivity contribution is 7.92. The number of nitrogens with one attached hydrogen (secondary N) is 2. The third-order valence-electron chi connectivity index (χ3n) is 2.96. The van der Waals surface area contributed by atoms with Gasteiger partial charge in [0.1, 0.15) is 11.6 Å². The fraction of sp³-hybridized carbons (Fsp3) is 0.353. The molecule has 1 aromatic heterocycles. The number of hydrogen-bond donors (Lipinski definition) is 2. The Morgan fingerprint density at radius 2 is 1.75 bits per heavy atom. The third kappa shape index (κ3) is 5.13. The number of ether oxygens (including phenoxy) is 1. The quantitative estimate of drug-likeness (QED) is 0.834. The van der Waals surface area contributed by atoms with E-state index in [1.54, 1.807) is 24.3 Å². The number of rotatable bonds is 6. The van der Waals surface area contributed by atoms with Crippen molar-refractivity contribution in [1.82, 2.24) is 4.98 Å². The van der Waals surface area contributed by atoms with Gasteiger partial charge in [0.25, 0.3) is 10.0 Å². The first kappa shape index (κ1) is 18.1. The normalized spacial score (nSPS) is 11.8. The first-order valence-corrected chi connectivity index (χ1v) is 9.18. The molecule has 0 radical (unpaired) electrons. The van der Waals surface area contributed by atoms with Gasteiger partial charge in [-0.05, 0) is 64.1 Å². The smallest absolute Gasteiger partial charge is 0.261 e. The van der Waals surface area contributed by atoms with E-state index >= 15 is 0 Å². The Hall–Kier alpha value is -2.28. The third-order valence-corrected chi connectivity index (χ3v) is 4.36. The molecule has 130 valence electrons. The standard InChI is InChI=1S/C17H23N3O3S/c1-5-23-14-7-9-15(10-8-14)24(21,22)20-13-6-11-16(18-12-13)19-17(2,3)4/h6-12,20H,5H2,1-4H3,(H,18,19). The molecule has 0 bridgehead atoms. The average Bonchev–Trinajstić information content (AvgIpc) is 2.48. The molecule has 0 saturated heterocycles. The molecule has 24 heavy (non-hydrogen) atoms. The summed E-state index contributed by atoms with van der Waals surface area (Å²) >= 11 is 0. The molecule has 2 N–H and O–H groups in total. The van der Waals surface area contributed by atoms with E-state index in [1.807, 2.05) is 27.7 Å². The van der Waals surface area contributed by atoms with Gasteiger partial charge in [-0.25, -0.2) is 13.4 Å². The van der Waals surface area contributed by atoms with E-state index in [-0.39, 0.29) is 10.4 Å². The number of pyridine rings is 1. The number of benzene rings is 1. The van der Waals surface area contributed by atoms with Crippen LogP contribution in [0.2, 0.25) is 0 Å². The van der Waals surface area contributed by atoms with E-state index in [1.165, 1.54) is 18.3 Å². The van der Waals surface area contributed by atoms with Crippen LogP contribution in [0.3, 0.4) is 0 Å². The maximum atomic E-state index is 12.4. The zero-order valence-corrected chi connectivity index (χ0v) is 15.1. The molecule has 0 fully saturated rings. The van der Waals surface area contributed by atoms with Crippen molar-refractivity contribution >= 4 is 21.5 Å². The van der Waals surface area contributed by atoms with Crippen molar-refractivity contribution in [3.63, 3.8) is 0 Å². The molecule has 6 nitrogen and oxygen atoms in total. The summed E-state index contributed by atoms with van der Waals surface area (Å²) in [6.45, 7) is 8.48. The van der Waals surface area contributed by atoms with Crippen LogP contribution in [0.25, 0.3) is 0 Å². The second-order valence-electron chi connectivity index (χ2n) is 6.32. The first-order valence-electron chi connectivity index (χ1n) is 7.69. The number of anilines is 2. The number of hydrogen-bond acceptors (Lipinski definition) is 5. The van der Waals surface area contributed by atoms with Crippen LogP contribution in [-0.4, -0.2) is 25.5 Å². The topological polar surface area (TPSA) is 80.3 Å². The van der Waals surface area contributed by atoms with E-state index < -0.39 is 10.0 Å². The van der Waals surface area contributed by atoms with Crippen LogP contribution < -0.4 is 14.8 Å². The highest BCUT2D eigenvalue weighted by Gasteiger charge is 2.15. The number of nitrogens with zero attached hydrogens (tertiary/aromatic N) is 1. The van der Waals surface area contributed by atoms with Gasteiger partial charge < -0.3 is 10.1 Å². The Labute approximate surface area is 143 Å². The highest BCUT2D eigenvalue weighted by Crippen LogP contribution is 2.20. The summed E-state index contributed by atoms with van der Waals surface area (Å²) in [5.74, 6) is 1.32. The van der Waals surface area contributed by atoms with Gasteiger partial charge in [-0.15, -0.1) is 0 Å². The van der Waals surface area contributed by atoms with E-state index in [9.17, 15) is 8.42 Å². The summed E-state index contributed by atoms with van der Waals surface area (Å²) in [6, 6.07) is 9.69. The van der Waals surface area contributed by atoms with Gasteiger partial charge in [-0.1, -0.05) is 0 Å². The lowest BCUT2D eigenvalue weighted by molar-refractivity contribution is 0.340. The van der Waals surface area contributed by atoms with Crippen molar-refractivity contribution in [2.45, 2.75) is 38.1 Å². The molecule has 0 spiro atoms. The summed E-state index contributed by atoms with van der Waals surface area (Å²) in [7, 11) is -3.66. The highest BCUT2D eigenvalue weighted by atomic mass is 32.2. The van der Waals surface area contributed by atoms with Crippen molar-refractivity contribution in [1.29, 1.82) is 0 Å². The monoisotopic (exact) mass is 349 g/mol. The van der Waals surface area contributed by atoms with E-state index in [4.69, 9.17) is 4.74 Å². The van der Waals surface area contributed by atoms with Crippen LogP contribution >= 0.6 is 0 Å². The molecule has 0 amide bonds. The zero-order valence-electron chi connectivity index (χ0n) is 14.3. The molecule has 2 rings (SSSR count). The van der Waals surface area contributed by atoms with Gasteiger partial charge in [0.05, 0.1) is 23.4 Å². The van der Waals surface area contributed by atoms with Crippen LogP contribution in [0.1, 0.15) is 27.7 Å². The lowest BCUT2D eigenvalue weighted by atomic mass is 10.1. The predicted molar refractivity (Wildman–Crippen MR) is 96.0 cm³/mol. The summed E-state index contributed by atoms with van der Waals surface area (Å²) < 4.78 is 32.6. The lowest BCUT2D eigenvalue weighted by Crippen LogP contribution is -2.26. The molecular weight excluding hydrogens is 326 g/mol. The maximum absolute atomic E-state index is 12.4. The second-order valence-corrected chi connectivity index (χ2v) is 8.00. The van der Waals surface area contributed by atoms with Crippen molar-refractivity contribution in [2.75, 3.05) is 16.6 Å². The van der Waals surface area contributed by atoms with Crippen molar-refractivity contribution in [3.05, 3.63) is 42.6 Å². The molecule has 0 saturated carbocycles. The molecule has 0 aliphatic rings. The van der Waals surface area contributed by atoms with Gasteiger partial charge in [0.15, 0.2) is 0 Å². The lowest BCUT2D eigenvalue weighted by Gasteiger charge is -2.21. The fourth-order valence-electron chi connectivity index (χ4n) is 2.01. The maximum Gasteiger partial charge on any atom is 0.261 e. The molecule has 0 aliphatic carbocycles. The van der Waals surface area contributed by atoms with E-state index in [2.05, 4.69) is 15.0 Å². The van der Waals surface area contributed by atoms with Gasteiger partial charge in [0.2, 0.25) is 0 Å². The Balaban J connectivity index is 2.11. The molecular formula is C17H23N3O3S. The minimum Gasteiger partial charge on any atom is -0.494 e. The Kier molecular flexibility index (Phi) is 5.33. The summed E-state index contributed by atoms with van der Waals surface area (Å²) in [4.78, 5) is 4.39. The Morgan fingerprint density at radius 1 is 1.08 bits per heavy atom. The summed E-state index contributed by atoms with van der Waals surface area (Å²) in [6.07, 6.45) is 1.49. The van der Waals surface area contributed by atoms with Gasteiger partial charge in [-0.3, -0.25) is 4.72 Å². The van der Waals surface area contributed by atoms with Crippen LogP contribution in [0.15, 0.2) is 47.5 Å². The van der Waals surface area contributed by atoms with Gasteiger partial charge >= 0.3 is 0 Å². The molecule has 1 aromatic carbocycles. The number of aromatic nitrogens is 1. The van der Waals surface area contributed by atoms with Crippen LogP contribution in [-0.2, 0) is 10.0 Å². The SMILES string of the molecule is CCOc1ccc(S(=O)(=O)Nc2ccc(NC(C)(C)C)nc2)cc1. The van der Waals surface area contributed by atoms with Crippen LogP contribution in [0.4, 0.5) is 11.5 Å². The molecule has 0 aliphatic heterocycles. The predicted octanol–water partition coefficient (Wildman–Crippen LogP) is 3.49. The molecule has 1 heterocycles. The van der Waals surface area contributed by atoms with Crippen molar-refractivity contribution in [2.24, 2.45) is 0 Å². The zero-order chi connectivity index (χ0) is 17.8. The summed E-state index contributed by atoms with van der Waals surface area (Å²) in [5, 5.41) is 3.22. The molecule has 7 heteroatoms. The Morgan fingerprint density at radius 3 is 2.25 bits per heavy atom. The van der Waals surface area contributed by atoms with Gasteiger partial charge in [0, 0.05) is 5.54 Å². The molecule has 0 atom stereocenters. The average molecular weight is 349 g/mol. The van der Waals surface area contributed by atoms with Crippen LogP contribution in [0.5, 0.6) is 5.75 Å². The molecule has 0 unspecified atom stereocenters. The van der Waals surface area contributed by atoms with E-state index in [0.29, 0.717) is 23.9 Å². The largest absolute Gasteiger partial charge is 0.494 e. The van der Waals surface area contributed by atoms with Crippen molar-refractivity contribution < 1.29 is 13.2 Å². The van der Waals surface area contributed by atoms with Gasteiger partial charge in [-0.2, -0.15) is 0 Å². The second kappa shape index (κ2) is 7.09. The fourth-order valence-corrected chi connectivity index (χ4v) is 3.05. The van der Waals surface area contributed by atoms with Crippen molar-refractivity contribution in [3.8, 4) is 5.75 Å². The summed E-state index contributed by atoms with van der Waals surface area (Å²) in [5.41, 5.74) is 0.291. The minimum absolute atomic E-state index is 0.115.